The molecule has 0 spiro atoms. The lowest BCUT2D eigenvalue weighted by Crippen LogP contribution is -2.01. The Hall–Kier alpha value is -1.38. The fourth-order valence-corrected chi connectivity index (χ4v) is 1.14. The molecule has 1 aliphatic rings. The Bertz CT molecular complexity index is 308. The molecule has 0 atom stereocenters. The lowest BCUT2D eigenvalue weighted by atomic mass is 10.3. The van der Waals surface area contributed by atoms with Gasteiger partial charge in [0.15, 0.2) is 0 Å². The molecular formula is C10H13NO2. The number of nitrogen functional groups attached to an aromatic ring is 1. The second-order valence-corrected chi connectivity index (χ2v) is 3.48. The largest absolute Gasteiger partial charge is 0.508 e. The Balaban J connectivity index is 2.03. The first-order valence-corrected chi connectivity index (χ1v) is 4.47. The molecule has 0 unspecified atom stereocenters. The van der Waals surface area contributed by atoms with Crippen LogP contribution in [-0.4, -0.2) is 11.7 Å². The number of nitrogens with two attached hydrogens (primary N) is 1. The molecular weight excluding hydrogens is 166 g/mol. The second-order valence-electron chi connectivity index (χ2n) is 3.48. The summed E-state index contributed by atoms with van der Waals surface area (Å²) < 4.78 is 5.46. The van der Waals surface area contributed by atoms with E-state index < -0.39 is 0 Å². The van der Waals surface area contributed by atoms with E-state index in [0.717, 1.165) is 0 Å². The number of ether oxygens (including phenoxy) is 1. The van der Waals surface area contributed by atoms with Crippen LogP contribution in [0.15, 0.2) is 18.2 Å². The Kier molecular flexibility index (Phi) is 2.00. The van der Waals surface area contributed by atoms with Crippen molar-refractivity contribution in [2.75, 3.05) is 12.3 Å². The molecule has 2 rings (SSSR count). The molecule has 1 aromatic rings. The van der Waals surface area contributed by atoms with Crippen LogP contribution in [0.4, 0.5) is 5.69 Å². The minimum Gasteiger partial charge on any atom is -0.508 e. The molecule has 1 fully saturated rings. The number of benzene rings is 1. The van der Waals surface area contributed by atoms with Crippen LogP contribution < -0.4 is 10.5 Å². The molecule has 0 radical (unpaired) electrons. The summed E-state index contributed by atoms with van der Waals surface area (Å²) in [7, 11) is 0. The summed E-state index contributed by atoms with van der Waals surface area (Å²) >= 11 is 0. The Morgan fingerprint density at radius 2 is 2.23 bits per heavy atom. The van der Waals surface area contributed by atoms with Gasteiger partial charge in [-0.1, -0.05) is 0 Å². The van der Waals surface area contributed by atoms with Crippen LogP contribution in [0.1, 0.15) is 12.8 Å². The molecule has 13 heavy (non-hydrogen) atoms. The van der Waals surface area contributed by atoms with E-state index in [1.807, 2.05) is 0 Å². The van der Waals surface area contributed by atoms with Crippen LogP contribution in [0.2, 0.25) is 0 Å². The zero-order valence-corrected chi connectivity index (χ0v) is 7.36. The summed E-state index contributed by atoms with van der Waals surface area (Å²) in [6.07, 6.45) is 2.50. The Labute approximate surface area is 77.1 Å². The van der Waals surface area contributed by atoms with Crippen molar-refractivity contribution in [1.82, 2.24) is 0 Å². The van der Waals surface area contributed by atoms with Gasteiger partial charge in [0.05, 0.1) is 12.3 Å². The fraction of sp³-hybridized carbons (Fsp3) is 0.400. The highest BCUT2D eigenvalue weighted by molar-refractivity contribution is 5.55. The second kappa shape index (κ2) is 3.17. The van der Waals surface area contributed by atoms with Gasteiger partial charge in [0.2, 0.25) is 0 Å². The minimum absolute atomic E-state index is 0.194. The van der Waals surface area contributed by atoms with Crippen molar-refractivity contribution in [3.05, 3.63) is 18.2 Å². The van der Waals surface area contributed by atoms with Gasteiger partial charge in [-0.15, -0.1) is 0 Å². The van der Waals surface area contributed by atoms with Crippen LogP contribution >= 0.6 is 0 Å². The number of phenolic OH excluding ortho intramolecular Hbond substituents is 1. The zero-order chi connectivity index (χ0) is 9.26. The maximum Gasteiger partial charge on any atom is 0.145 e. The first kappa shape index (κ1) is 8.23. The third-order valence-corrected chi connectivity index (χ3v) is 2.17. The lowest BCUT2D eigenvalue weighted by Gasteiger charge is -2.07. The van der Waals surface area contributed by atoms with Crippen molar-refractivity contribution < 1.29 is 9.84 Å². The number of hydrogen-bond donors (Lipinski definition) is 2. The summed E-state index contributed by atoms with van der Waals surface area (Å²) in [6, 6.07) is 4.76. The lowest BCUT2D eigenvalue weighted by molar-refractivity contribution is 0.300. The van der Waals surface area contributed by atoms with E-state index in [1.165, 1.54) is 12.8 Å². The van der Waals surface area contributed by atoms with E-state index in [0.29, 0.717) is 24.0 Å². The van der Waals surface area contributed by atoms with E-state index in [9.17, 15) is 5.11 Å². The average Bonchev–Trinajstić information content (AvgIpc) is 2.90. The molecule has 0 heterocycles. The molecule has 0 saturated heterocycles. The third-order valence-electron chi connectivity index (χ3n) is 2.17. The number of aromatic hydroxyl groups is 1. The molecule has 3 heteroatoms. The summed E-state index contributed by atoms with van der Waals surface area (Å²) in [5.74, 6) is 1.48. The molecule has 3 N–H and O–H groups in total. The molecule has 0 amide bonds. The molecule has 3 nitrogen and oxygen atoms in total. The van der Waals surface area contributed by atoms with Crippen LogP contribution in [0, 0.1) is 5.92 Å². The highest BCUT2D eigenvalue weighted by Crippen LogP contribution is 2.32. The van der Waals surface area contributed by atoms with Crippen molar-refractivity contribution in [1.29, 1.82) is 0 Å². The number of rotatable bonds is 3. The van der Waals surface area contributed by atoms with Crippen molar-refractivity contribution >= 4 is 5.69 Å². The molecule has 1 saturated carbocycles. The van der Waals surface area contributed by atoms with Gasteiger partial charge in [0.25, 0.3) is 0 Å². The Morgan fingerprint density at radius 3 is 2.92 bits per heavy atom. The molecule has 1 aromatic carbocycles. The monoisotopic (exact) mass is 179 g/mol. The van der Waals surface area contributed by atoms with Gasteiger partial charge < -0.3 is 15.6 Å². The standard InChI is InChI=1S/C10H13NO2/c11-9-4-3-8(12)5-10(9)13-6-7-1-2-7/h3-5,7,12H,1-2,6,11H2. The Morgan fingerprint density at radius 1 is 1.46 bits per heavy atom. The van der Waals surface area contributed by atoms with E-state index in [1.54, 1.807) is 18.2 Å². The normalized spacial score (nSPS) is 15.7. The number of hydrogen-bond acceptors (Lipinski definition) is 3. The maximum atomic E-state index is 9.18. The van der Waals surface area contributed by atoms with E-state index in [2.05, 4.69) is 0 Å². The molecule has 0 aromatic heterocycles. The van der Waals surface area contributed by atoms with Gasteiger partial charge in [-0.2, -0.15) is 0 Å². The van der Waals surface area contributed by atoms with E-state index >= 15 is 0 Å². The van der Waals surface area contributed by atoms with Crippen molar-refractivity contribution in [2.45, 2.75) is 12.8 Å². The zero-order valence-electron chi connectivity index (χ0n) is 7.36. The quantitative estimate of drug-likeness (QED) is 0.549. The van der Waals surface area contributed by atoms with Gasteiger partial charge in [-0.3, -0.25) is 0 Å². The third kappa shape index (κ3) is 2.05. The van der Waals surface area contributed by atoms with Crippen LogP contribution in [0.3, 0.4) is 0 Å². The highest BCUT2D eigenvalue weighted by Gasteiger charge is 2.22. The van der Waals surface area contributed by atoms with Gasteiger partial charge in [0, 0.05) is 6.07 Å². The number of phenols is 1. The highest BCUT2D eigenvalue weighted by atomic mass is 16.5. The van der Waals surface area contributed by atoms with Crippen molar-refractivity contribution in [3.8, 4) is 11.5 Å². The van der Waals surface area contributed by atoms with Crippen molar-refractivity contribution in [3.63, 3.8) is 0 Å². The maximum absolute atomic E-state index is 9.18. The van der Waals surface area contributed by atoms with Crippen LogP contribution in [0.5, 0.6) is 11.5 Å². The predicted molar refractivity (Wildman–Crippen MR) is 50.7 cm³/mol. The van der Waals surface area contributed by atoms with Gasteiger partial charge in [-0.25, -0.2) is 0 Å². The van der Waals surface area contributed by atoms with E-state index in [4.69, 9.17) is 10.5 Å². The van der Waals surface area contributed by atoms with Gasteiger partial charge in [0.1, 0.15) is 11.5 Å². The molecule has 0 bridgehead atoms. The average molecular weight is 179 g/mol. The first-order chi connectivity index (χ1) is 6.25. The predicted octanol–water partition coefficient (Wildman–Crippen LogP) is 1.76. The topological polar surface area (TPSA) is 55.5 Å². The summed E-state index contributed by atoms with van der Waals surface area (Å²) in [5.41, 5.74) is 6.24. The molecule has 1 aliphatic carbocycles. The van der Waals surface area contributed by atoms with Crippen LogP contribution in [0.25, 0.3) is 0 Å². The van der Waals surface area contributed by atoms with Gasteiger partial charge in [-0.05, 0) is 30.9 Å². The molecule has 0 aliphatic heterocycles. The van der Waals surface area contributed by atoms with Crippen molar-refractivity contribution in [2.24, 2.45) is 5.92 Å². The smallest absolute Gasteiger partial charge is 0.145 e. The number of anilines is 1. The molecule has 70 valence electrons. The summed E-state index contributed by atoms with van der Waals surface area (Å²) in [4.78, 5) is 0. The van der Waals surface area contributed by atoms with Crippen LogP contribution in [-0.2, 0) is 0 Å². The summed E-state index contributed by atoms with van der Waals surface area (Å²) in [6.45, 7) is 0.716. The SMILES string of the molecule is Nc1ccc(O)cc1OCC1CC1. The minimum atomic E-state index is 0.194. The van der Waals surface area contributed by atoms with Gasteiger partial charge >= 0.3 is 0 Å². The summed E-state index contributed by atoms with van der Waals surface area (Å²) in [5, 5.41) is 9.18. The van der Waals surface area contributed by atoms with E-state index in [-0.39, 0.29) is 5.75 Å². The first-order valence-electron chi connectivity index (χ1n) is 4.47. The fourth-order valence-electron chi connectivity index (χ4n) is 1.14.